The molecule has 80 valence electrons. The second-order valence-corrected chi connectivity index (χ2v) is 5.12. The maximum Gasteiger partial charge on any atom is 0.0930 e. The minimum atomic E-state index is 0.622. The second-order valence-electron chi connectivity index (χ2n) is 3.83. The van der Waals surface area contributed by atoms with Crippen LogP contribution >= 0.6 is 11.3 Å². The first-order chi connectivity index (χ1) is 6.63. The van der Waals surface area contributed by atoms with Crippen molar-refractivity contribution in [1.82, 2.24) is 10.3 Å². The van der Waals surface area contributed by atoms with Gasteiger partial charge in [0.05, 0.1) is 10.7 Å². The molecular weight excluding hydrogens is 192 g/mol. The van der Waals surface area contributed by atoms with Gasteiger partial charge in [0.1, 0.15) is 0 Å². The second kappa shape index (κ2) is 5.47. The molecule has 1 aromatic heterocycles. The van der Waals surface area contributed by atoms with Crippen LogP contribution in [0, 0.1) is 13.8 Å². The molecule has 0 aliphatic heterocycles. The van der Waals surface area contributed by atoms with E-state index in [1.165, 1.54) is 28.4 Å². The van der Waals surface area contributed by atoms with Crippen molar-refractivity contribution in [2.24, 2.45) is 0 Å². The first-order valence-electron chi connectivity index (χ1n) is 5.23. The monoisotopic (exact) mass is 212 g/mol. The highest BCUT2D eigenvalue weighted by Crippen LogP contribution is 2.18. The summed E-state index contributed by atoms with van der Waals surface area (Å²) in [5, 5.41) is 4.55. The Balaban J connectivity index is 2.31. The zero-order valence-corrected chi connectivity index (χ0v) is 10.4. The fraction of sp³-hybridized carbons (Fsp3) is 0.727. The zero-order chi connectivity index (χ0) is 10.6. The van der Waals surface area contributed by atoms with Crippen LogP contribution in [0.25, 0.3) is 0 Å². The van der Waals surface area contributed by atoms with E-state index in [0.29, 0.717) is 6.04 Å². The van der Waals surface area contributed by atoms with Gasteiger partial charge in [-0.2, -0.15) is 0 Å². The van der Waals surface area contributed by atoms with Gasteiger partial charge in [-0.25, -0.2) is 4.98 Å². The van der Waals surface area contributed by atoms with Gasteiger partial charge in [-0.3, -0.25) is 0 Å². The number of nitrogens with one attached hydrogen (secondary N) is 1. The quantitative estimate of drug-likeness (QED) is 0.811. The van der Waals surface area contributed by atoms with E-state index in [1.54, 1.807) is 0 Å². The molecule has 0 aliphatic carbocycles. The third kappa shape index (κ3) is 3.39. The van der Waals surface area contributed by atoms with Gasteiger partial charge >= 0.3 is 0 Å². The number of rotatable bonds is 5. The Morgan fingerprint density at radius 1 is 1.43 bits per heavy atom. The van der Waals surface area contributed by atoms with E-state index in [4.69, 9.17) is 0 Å². The minimum Gasteiger partial charge on any atom is -0.317 e. The summed E-state index contributed by atoms with van der Waals surface area (Å²) in [6, 6.07) is 0.622. The molecule has 0 aromatic carbocycles. The van der Waals surface area contributed by atoms with E-state index < -0.39 is 0 Å². The summed E-state index contributed by atoms with van der Waals surface area (Å²) >= 11 is 1.84. The lowest BCUT2D eigenvalue weighted by Gasteiger charge is -2.07. The number of hydrogen-bond donors (Lipinski definition) is 1. The van der Waals surface area contributed by atoms with E-state index in [9.17, 15) is 0 Å². The Labute approximate surface area is 90.8 Å². The van der Waals surface area contributed by atoms with Gasteiger partial charge < -0.3 is 5.32 Å². The molecule has 0 aliphatic rings. The van der Waals surface area contributed by atoms with Gasteiger partial charge in [0.25, 0.3) is 0 Å². The van der Waals surface area contributed by atoms with Crippen LogP contribution in [0.3, 0.4) is 0 Å². The Hall–Kier alpha value is -0.410. The third-order valence-electron chi connectivity index (χ3n) is 2.59. The van der Waals surface area contributed by atoms with Crippen molar-refractivity contribution in [3.8, 4) is 0 Å². The molecule has 1 N–H and O–H groups in total. The largest absolute Gasteiger partial charge is 0.317 e. The first kappa shape index (κ1) is 11.7. The van der Waals surface area contributed by atoms with Gasteiger partial charge in [0.15, 0.2) is 0 Å². The van der Waals surface area contributed by atoms with Gasteiger partial charge in [-0.15, -0.1) is 11.3 Å². The van der Waals surface area contributed by atoms with Crippen molar-refractivity contribution in [2.75, 3.05) is 7.05 Å². The fourth-order valence-electron chi connectivity index (χ4n) is 1.35. The Morgan fingerprint density at radius 3 is 2.64 bits per heavy atom. The lowest BCUT2D eigenvalue weighted by atomic mass is 10.1. The Kier molecular flexibility index (Phi) is 4.55. The molecule has 1 unspecified atom stereocenters. The molecule has 0 saturated heterocycles. The van der Waals surface area contributed by atoms with Crippen LogP contribution < -0.4 is 5.32 Å². The van der Waals surface area contributed by atoms with Crippen LogP contribution in [-0.2, 0) is 6.42 Å². The molecule has 0 spiro atoms. The topological polar surface area (TPSA) is 24.9 Å². The van der Waals surface area contributed by atoms with Gasteiger partial charge in [-0.05, 0) is 47.1 Å². The molecule has 1 heterocycles. The maximum absolute atomic E-state index is 4.53. The van der Waals surface area contributed by atoms with E-state index in [-0.39, 0.29) is 0 Å². The Bertz CT molecular complexity index is 261. The van der Waals surface area contributed by atoms with Crippen LogP contribution in [0.4, 0.5) is 0 Å². The summed E-state index contributed by atoms with van der Waals surface area (Å²) in [6.07, 6.45) is 3.59. The highest BCUT2D eigenvalue weighted by molar-refractivity contribution is 7.11. The lowest BCUT2D eigenvalue weighted by Crippen LogP contribution is -2.20. The molecule has 1 aromatic rings. The molecule has 0 amide bonds. The number of nitrogens with zero attached hydrogens (tertiary/aromatic N) is 1. The molecule has 0 saturated carbocycles. The summed E-state index contributed by atoms with van der Waals surface area (Å²) in [7, 11) is 2.02. The SMILES string of the molecule is CNC(C)CCCc1nc(C)c(C)s1. The standard InChI is InChI=1S/C11H20N2S/c1-8(12-4)6-5-7-11-13-9(2)10(3)14-11/h8,12H,5-7H2,1-4H3. The lowest BCUT2D eigenvalue weighted by molar-refractivity contribution is 0.541. The average Bonchev–Trinajstić information content (AvgIpc) is 2.46. The van der Waals surface area contributed by atoms with E-state index in [1.807, 2.05) is 18.4 Å². The molecule has 0 fully saturated rings. The van der Waals surface area contributed by atoms with E-state index in [0.717, 1.165) is 6.42 Å². The summed E-state index contributed by atoms with van der Waals surface area (Å²) in [5.41, 5.74) is 1.20. The number of thiazole rings is 1. The van der Waals surface area contributed by atoms with Crippen molar-refractivity contribution < 1.29 is 0 Å². The highest BCUT2D eigenvalue weighted by atomic mass is 32.1. The van der Waals surface area contributed by atoms with Crippen molar-refractivity contribution in [3.05, 3.63) is 15.6 Å². The molecular formula is C11H20N2S. The van der Waals surface area contributed by atoms with Crippen LogP contribution in [0.15, 0.2) is 0 Å². The summed E-state index contributed by atoms with van der Waals surface area (Å²) < 4.78 is 0. The molecule has 14 heavy (non-hydrogen) atoms. The smallest absolute Gasteiger partial charge is 0.0930 e. The van der Waals surface area contributed by atoms with Crippen molar-refractivity contribution in [2.45, 2.75) is 46.1 Å². The highest BCUT2D eigenvalue weighted by Gasteiger charge is 2.04. The molecule has 3 heteroatoms. The fourth-order valence-corrected chi connectivity index (χ4v) is 2.33. The van der Waals surface area contributed by atoms with Crippen LogP contribution in [0.2, 0.25) is 0 Å². The average molecular weight is 212 g/mol. The van der Waals surface area contributed by atoms with Crippen molar-refractivity contribution in [3.63, 3.8) is 0 Å². The predicted molar refractivity (Wildman–Crippen MR) is 63.0 cm³/mol. The van der Waals surface area contributed by atoms with Gasteiger partial charge in [-0.1, -0.05) is 0 Å². The van der Waals surface area contributed by atoms with Gasteiger partial charge in [0.2, 0.25) is 0 Å². The van der Waals surface area contributed by atoms with Crippen LogP contribution in [0.5, 0.6) is 0 Å². The number of aryl methyl sites for hydroxylation is 3. The third-order valence-corrected chi connectivity index (χ3v) is 3.73. The number of aromatic nitrogens is 1. The minimum absolute atomic E-state index is 0.622. The van der Waals surface area contributed by atoms with Crippen LogP contribution in [-0.4, -0.2) is 18.1 Å². The van der Waals surface area contributed by atoms with E-state index >= 15 is 0 Å². The summed E-state index contributed by atoms with van der Waals surface area (Å²) in [5.74, 6) is 0. The number of hydrogen-bond acceptors (Lipinski definition) is 3. The summed E-state index contributed by atoms with van der Waals surface area (Å²) in [6.45, 7) is 6.45. The van der Waals surface area contributed by atoms with E-state index in [2.05, 4.69) is 31.1 Å². The molecule has 2 nitrogen and oxygen atoms in total. The molecule has 0 bridgehead atoms. The molecule has 0 radical (unpaired) electrons. The predicted octanol–water partition coefficient (Wildman–Crippen LogP) is 2.69. The zero-order valence-electron chi connectivity index (χ0n) is 9.55. The van der Waals surface area contributed by atoms with Crippen molar-refractivity contribution >= 4 is 11.3 Å². The van der Waals surface area contributed by atoms with Crippen molar-refractivity contribution in [1.29, 1.82) is 0 Å². The Morgan fingerprint density at radius 2 is 2.14 bits per heavy atom. The summed E-state index contributed by atoms with van der Waals surface area (Å²) in [4.78, 5) is 5.89. The normalized spacial score (nSPS) is 13.1. The molecule has 1 rings (SSSR count). The maximum atomic E-state index is 4.53. The molecule has 1 atom stereocenters. The van der Waals surface area contributed by atoms with Crippen LogP contribution in [0.1, 0.15) is 35.3 Å². The first-order valence-corrected chi connectivity index (χ1v) is 6.05. The van der Waals surface area contributed by atoms with Gasteiger partial charge in [0, 0.05) is 10.9 Å².